The lowest BCUT2D eigenvalue weighted by Gasteiger charge is -2.25. The average molecular weight is 486 g/mol. The van der Waals surface area contributed by atoms with Crippen LogP contribution in [0.15, 0.2) is 4.99 Å². The first-order valence-electron chi connectivity index (χ1n) is 9.24. The third kappa shape index (κ3) is 6.23. The molecule has 148 valence electrons. The number of halogens is 1. The van der Waals surface area contributed by atoms with E-state index in [1.807, 2.05) is 0 Å². The van der Waals surface area contributed by atoms with Gasteiger partial charge in [-0.3, -0.25) is 9.89 Å². The van der Waals surface area contributed by atoms with Crippen molar-refractivity contribution < 1.29 is 8.42 Å². The van der Waals surface area contributed by atoms with Crippen molar-refractivity contribution in [2.24, 2.45) is 4.99 Å². The van der Waals surface area contributed by atoms with Crippen molar-refractivity contribution in [2.45, 2.75) is 57.7 Å². The van der Waals surface area contributed by atoms with E-state index in [0.29, 0.717) is 12.6 Å². The minimum absolute atomic E-state index is 0. The maximum atomic E-state index is 12.2. The quantitative estimate of drug-likeness (QED) is 0.366. The minimum Gasteiger partial charge on any atom is -0.357 e. The Kier molecular flexibility index (Phi) is 8.93. The van der Waals surface area contributed by atoms with E-state index in [-0.39, 0.29) is 29.7 Å². The van der Waals surface area contributed by atoms with E-state index >= 15 is 0 Å². The van der Waals surface area contributed by atoms with E-state index in [2.05, 4.69) is 27.0 Å². The van der Waals surface area contributed by atoms with E-state index in [1.165, 1.54) is 32.4 Å². The highest BCUT2D eigenvalue weighted by molar-refractivity contribution is 14.0. The van der Waals surface area contributed by atoms with E-state index in [4.69, 9.17) is 0 Å². The van der Waals surface area contributed by atoms with Crippen LogP contribution in [-0.4, -0.2) is 80.0 Å². The summed E-state index contributed by atoms with van der Waals surface area (Å²) in [6, 6.07) is 0.620. The molecule has 0 aromatic carbocycles. The van der Waals surface area contributed by atoms with Crippen LogP contribution >= 0.6 is 24.0 Å². The summed E-state index contributed by atoms with van der Waals surface area (Å²) in [6.45, 7) is 12.9. The van der Waals surface area contributed by atoms with Crippen LogP contribution in [0.2, 0.25) is 0 Å². The fourth-order valence-corrected chi connectivity index (χ4v) is 4.29. The standard InChI is InChI=1S/C17H34N4O2S.HI/c1-5-18-16(19-9-13-24(22,23)17(2,3)4)21-12-8-15(14-21)20-10-6-7-11-20;/h15H,5-14H2,1-4H3,(H,18,19);1H. The zero-order valence-corrected chi connectivity index (χ0v) is 19.3. The van der Waals surface area contributed by atoms with Gasteiger partial charge < -0.3 is 10.2 Å². The van der Waals surface area contributed by atoms with E-state index in [9.17, 15) is 8.42 Å². The summed E-state index contributed by atoms with van der Waals surface area (Å²) in [7, 11) is -3.12. The highest BCUT2D eigenvalue weighted by Crippen LogP contribution is 2.20. The van der Waals surface area contributed by atoms with Crippen molar-refractivity contribution in [3.63, 3.8) is 0 Å². The van der Waals surface area contributed by atoms with Crippen LogP contribution in [0.3, 0.4) is 0 Å². The molecule has 0 saturated carbocycles. The number of aliphatic imine (C=N–C) groups is 1. The molecule has 0 bridgehead atoms. The van der Waals surface area contributed by atoms with Crippen molar-refractivity contribution in [1.82, 2.24) is 15.1 Å². The van der Waals surface area contributed by atoms with Crippen LogP contribution in [0.5, 0.6) is 0 Å². The molecule has 2 rings (SSSR count). The van der Waals surface area contributed by atoms with Gasteiger partial charge in [-0.15, -0.1) is 24.0 Å². The molecule has 1 N–H and O–H groups in total. The van der Waals surface area contributed by atoms with Crippen LogP contribution in [0.25, 0.3) is 0 Å². The van der Waals surface area contributed by atoms with Gasteiger partial charge in [-0.05, 0) is 60.0 Å². The Morgan fingerprint density at radius 2 is 1.84 bits per heavy atom. The van der Waals surface area contributed by atoms with E-state index in [0.717, 1.165) is 25.6 Å². The molecular formula is C17H35IN4O2S. The van der Waals surface area contributed by atoms with Crippen LogP contribution < -0.4 is 5.32 Å². The molecule has 0 radical (unpaired) electrons. The molecule has 2 heterocycles. The molecule has 0 amide bonds. The number of likely N-dealkylation sites (tertiary alicyclic amines) is 2. The molecule has 0 aromatic heterocycles. The van der Waals surface area contributed by atoms with Crippen LogP contribution in [0.4, 0.5) is 0 Å². The van der Waals surface area contributed by atoms with Crippen molar-refractivity contribution in [1.29, 1.82) is 0 Å². The second-order valence-corrected chi connectivity index (χ2v) is 10.7. The third-order valence-electron chi connectivity index (χ3n) is 5.01. The minimum atomic E-state index is -3.12. The number of guanidine groups is 1. The van der Waals surface area contributed by atoms with Gasteiger partial charge in [0.25, 0.3) is 0 Å². The molecular weight excluding hydrogens is 451 g/mol. The van der Waals surface area contributed by atoms with Gasteiger partial charge in [0.1, 0.15) is 0 Å². The number of nitrogens with zero attached hydrogens (tertiary/aromatic N) is 3. The van der Waals surface area contributed by atoms with Gasteiger partial charge >= 0.3 is 0 Å². The molecule has 2 aliphatic rings. The maximum absolute atomic E-state index is 12.2. The third-order valence-corrected chi connectivity index (χ3v) is 7.60. The largest absolute Gasteiger partial charge is 0.357 e. The number of rotatable bonds is 5. The van der Waals surface area contributed by atoms with Gasteiger partial charge in [-0.25, -0.2) is 8.42 Å². The summed E-state index contributed by atoms with van der Waals surface area (Å²) in [5, 5.41) is 3.32. The first-order chi connectivity index (χ1) is 11.2. The average Bonchev–Trinajstić information content (AvgIpc) is 3.16. The van der Waals surface area contributed by atoms with Gasteiger partial charge in [0.15, 0.2) is 15.8 Å². The van der Waals surface area contributed by atoms with E-state index < -0.39 is 14.6 Å². The number of sulfone groups is 1. The molecule has 2 saturated heterocycles. The molecule has 1 atom stereocenters. The van der Waals surface area contributed by atoms with Gasteiger partial charge in [0.2, 0.25) is 0 Å². The molecule has 8 heteroatoms. The molecule has 0 spiro atoms. The highest BCUT2D eigenvalue weighted by atomic mass is 127. The summed E-state index contributed by atoms with van der Waals surface area (Å²) >= 11 is 0. The lowest BCUT2D eigenvalue weighted by Crippen LogP contribution is -2.43. The van der Waals surface area contributed by atoms with Crippen molar-refractivity contribution >= 4 is 39.8 Å². The zero-order valence-electron chi connectivity index (χ0n) is 16.1. The lowest BCUT2D eigenvalue weighted by atomic mass is 10.2. The summed E-state index contributed by atoms with van der Waals surface area (Å²) in [5.74, 6) is 0.970. The Balaban J connectivity index is 0.00000312. The van der Waals surface area contributed by atoms with Crippen LogP contribution in [0, 0.1) is 0 Å². The normalized spacial score (nSPS) is 23.0. The molecule has 25 heavy (non-hydrogen) atoms. The smallest absolute Gasteiger partial charge is 0.193 e. The Hall–Kier alpha value is -0.0900. The van der Waals surface area contributed by atoms with Crippen LogP contribution in [-0.2, 0) is 9.84 Å². The van der Waals surface area contributed by atoms with Gasteiger partial charge in [-0.1, -0.05) is 0 Å². The fraction of sp³-hybridized carbons (Fsp3) is 0.941. The second-order valence-electron chi connectivity index (χ2n) is 7.80. The topological polar surface area (TPSA) is 65.0 Å². The Bertz CT molecular complexity index is 539. The molecule has 0 aromatic rings. The molecule has 2 aliphatic heterocycles. The fourth-order valence-electron chi connectivity index (χ4n) is 3.34. The summed E-state index contributed by atoms with van der Waals surface area (Å²) in [6.07, 6.45) is 3.80. The Morgan fingerprint density at radius 1 is 1.20 bits per heavy atom. The van der Waals surface area contributed by atoms with Crippen LogP contribution in [0.1, 0.15) is 47.0 Å². The van der Waals surface area contributed by atoms with Crippen molar-refractivity contribution in [2.75, 3.05) is 45.0 Å². The summed E-state index contributed by atoms with van der Waals surface area (Å²) in [5.41, 5.74) is 0. The van der Waals surface area contributed by atoms with Gasteiger partial charge in [0, 0.05) is 25.7 Å². The molecule has 0 aliphatic carbocycles. The first-order valence-corrected chi connectivity index (χ1v) is 10.9. The van der Waals surface area contributed by atoms with Gasteiger partial charge in [-0.2, -0.15) is 0 Å². The maximum Gasteiger partial charge on any atom is 0.193 e. The zero-order chi connectivity index (χ0) is 17.8. The molecule has 6 nitrogen and oxygen atoms in total. The summed E-state index contributed by atoms with van der Waals surface area (Å²) < 4.78 is 23.7. The van der Waals surface area contributed by atoms with Crippen molar-refractivity contribution in [3.8, 4) is 0 Å². The summed E-state index contributed by atoms with van der Waals surface area (Å²) in [4.78, 5) is 9.47. The van der Waals surface area contributed by atoms with Gasteiger partial charge in [0.05, 0.1) is 17.0 Å². The molecule has 1 unspecified atom stereocenters. The lowest BCUT2D eigenvalue weighted by molar-refractivity contribution is 0.249. The SMILES string of the molecule is CCNC(=NCCS(=O)(=O)C(C)(C)C)N1CCC(N2CCCC2)C1.I. The van der Waals surface area contributed by atoms with Crippen molar-refractivity contribution in [3.05, 3.63) is 0 Å². The first kappa shape index (κ1) is 23.0. The number of nitrogens with one attached hydrogen (secondary N) is 1. The Morgan fingerprint density at radius 3 is 2.40 bits per heavy atom. The monoisotopic (exact) mass is 486 g/mol. The second kappa shape index (κ2) is 9.73. The predicted molar refractivity (Wildman–Crippen MR) is 116 cm³/mol. The highest BCUT2D eigenvalue weighted by Gasteiger charge is 2.31. The molecule has 2 fully saturated rings. The number of hydrogen-bond acceptors (Lipinski definition) is 4. The predicted octanol–water partition coefficient (Wildman–Crippen LogP) is 1.95. The Labute approximate surface area is 170 Å². The number of hydrogen-bond donors (Lipinski definition) is 1. The van der Waals surface area contributed by atoms with E-state index in [1.54, 1.807) is 20.8 Å².